The van der Waals surface area contributed by atoms with Gasteiger partial charge in [-0.25, -0.2) is 4.79 Å². The average molecular weight is 287 g/mol. The summed E-state index contributed by atoms with van der Waals surface area (Å²) in [5.74, 6) is 0. The second-order valence-corrected chi connectivity index (χ2v) is 5.17. The highest BCUT2D eigenvalue weighted by molar-refractivity contribution is 5.72. The van der Waals surface area contributed by atoms with Crippen LogP contribution in [-0.2, 0) is 0 Å². The minimum absolute atomic E-state index is 0.421. The van der Waals surface area contributed by atoms with E-state index in [1.54, 1.807) is 6.92 Å². The van der Waals surface area contributed by atoms with Crippen molar-refractivity contribution in [3.05, 3.63) is 53.3 Å². The van der Waals surface area contributed by atoms with E-state index in [1.165, 1.54) is 18.2 Å². The first-order chi connectivity index (χ1) is 9.95. The van der Waals surface area contributed by atoms with Crippen LogP contribution in [0.4, 0.5) is 4.79 Å². The number of hydrogen-bond acceptors (Lipinski definition) is 2. The third kappa shape index (κ3) is 2.92. The van der Waals surface area contributed by atoms with E-state index in [2.05, 4.69) is 31.3 Å². The summed E-state index contributed by atoms with van der Waals surface area (Å²) in [4.78, 5) is 11.5. The van der Waals surface area contributed by atoms with Gasteiger partial charge in [-0.15, -0.1) is 0 Å². The molecule has 1 unspecified atom stereocenters. The monoisotopic (exact) mass is 287 g/mol. The van der Waals surface area contributed by atoms with E-state index in [0.29, 0.717) is 5.06 Å². The number of para-hydroxylation sites is 1. The van der Waals surface area contributed by atoms with Crippen molar-refractivity contribution < 1.29 is 10.0 Å². The van der Waals surface area contributed by atoms with Crippen molar-refractivity contribution in [1.82, 2.24) is 14.9 Å². The number of aromatic nitrogens is 1. The lowest BCUT2D eigenvalue weighted by atomic mass is 10.1. The van der Waals surface area contributed by atoms with Crippen molar-refractivity contribution in [2.24, 2.45) is 0 Å². The Morgan fingerprint density at radius 3 is 2.48 bits per heavy atom. The normalized spacial score (nSPS) is 12.0. The molecule has 5 nitrogen and oxygen atoms in total. The smallest absolute Gasteiger partial charge is 0.339 e. The number of hydroxylamine groups is 2. The van der Waals surface area contributed by atoms with Crippen LogP contribution in [0.3, 0.4) is 0 Å². The number of hydrogen-bond donors (Lipinski definition) is 2. The quantitative estimate of drug-likeness (QED) is 0.673. The van der Waals surface area contributed by atoms with E-state index in [0.717, 1.165) is 11.3 Å². The SMILES string of the molecule is CNC(=O)N(O)C(C)c1ccn(-c2c(C)cccc2C)c1. The van der Waals surface area contributed by atoms with Crippen molar-refractivity contribution in [1.29, 1.82) is 0 Å². The highest BCUT2D eigenvalue weighted by Crippen LogP contribution is 2.24. The average Bonchev–Trinajstić information content (AvgIpc) is 2.94. The summed E-state index contributed by atoms with van der Waals surface area (Å²) in [6, 6.07) is 7.12. The number of urea groups is 1. The topological polar surface area (TPSA) is 57.5 Å². The van der Waals surface area contributed by atoms with E-state index in [1.807, 2.05) is 29.1 Å². The van der Waals surface area contributed by atoms with E-state index >= 15 is 0 Å². The lowest BCUT2D eigenvalue weighted by Gasteiger charge is -2.21. The number of carbonyl (C=O) groups excluding carboxylic acids is 1. The number of amides is 2. The molecule has 1 aromatic carbocycles. The summed E-state index contributed by atoms with van der Waals surface area (Å²) >= 11 is 0. The summed E-state index contributed by atoms with van der Waals surface area (Å²) in [7, 11) is 1.49. The standard InChI is InChI=1S/C16H21N3O2/c1-11-6-5-7-12(2)15(11)18-9-8-14(10-18)13(3)19(21)16(20)17-4/h5-10,13,21H,1-4H3,(H,17,20). The maximum Gasteiger partial charge on any atom is 0.341 e. The van der Waals surface area contributed by atoms with Gasteiger partial charge in [-0.05, 0) is 43.5 Å². The molecule has 21 heavy (non-hydrogen) atoms. The fourth-order valence-electron chi connectivity index (χ4n) is 2.44. The van der Waals surface area contributed by atoms with Crippen LogP contribution in [0.15, 0.2) is 36.7 Å². The van der Waals surface area contributed by atoms with Crippen LogP contribution < -0.4 is 5.32 Å². The van der Waals surface area contributed by atoms with Crippen molar-refractivity contribution in [2.75, 3.05) is 7.05 Å². The second-order valence-electron chi connectivity index (χ2n) is 5.17. The van der Waals surface area contributed by atoms with Gasteiger partial charge in [-0.3, -0.25) is 5.21 Å². The Kier molecular flexibility index (Phi) is 4.33. The molecule has 0 saturated heterocycles. The molecule has 0 aliphatic rings. The lowest BCUT2D eigenvalue weighted by Crippen LogP contribution is -2.37. The molecule has 0 aliphatic heterocycles. The van der Waals surface area contributed by atoms with Crippen LogP contribution in [0.25, 0.3) is 5.69 Å². The fraction of sp³-hybridized carbons (Fsp3) is 0.312. The first-order valence-corrected chi connectivity index (χ1v) is 6.90. The van der Waals surface area contributed by atoms with Crippen LogP contribution in [-0.4, -0.2) is 27.9 Å². The van der Waals surface area contributed by atoms with Gasteiger partial charge in [0.1, 0.15) is 0 Å². The van der Waals surface area contributed by atoms with Crippen LogP contribution in [0.5, 0.6) is 0 Å². The fourth-order valence-corrected chi connectivity index (χ4v) is 2.44. The van der Waals surface area contributed by atoms with Gasteiger partial charge in [0.2, 0.25) is 0 Å². The molecule has 2 N–H and O–H groups in total. The molecule has 1 heterocycles. The third-order valence-electron chi connectivity index (χ3n) is 3.68. The Morgan fingerprint density at radius 2 is 1.90 bits per heavy atom. The van der Waals surface area contributed by atoms with Crippen molar-refractivity contribution in [3.63, 3.8) is 0 Å². The third-order valence-corrected chi connectivity index (χ3v) is 3.68. The van der Waals surface area contributed by atoms with E-state index in [-0.39, 0.29) is 0 Å². The Bertz CT molecular complexity index is 628. The summed E-state index contributed by atoms with van der Waals surface area (Å²) in [6.07, 6.45) is 3.88. The first-order valence-electron chi connectivity index (χ1n) is 6.90. The van der Waals surface area contributed by atoms with Gasteiger partial charge >= 0.3 is 6.03 Å². The van der Waals surface area contributed by atoms with Crippen LogP contribution >= 0.6 is 0 Å². The molecular weight excluding hydrogens is 266 g/mol. The largest absolute Gasteiger partial charge is 0.341 e. The van der Waals surface area contributed by atoms with Crippen molar-refractivity contribution in [2.45, 2.75) is 26.8 Å². The van der Waals surface area contributed by atoms with Gasteiger partial charge in [-0.2, -0.15) is 5.06 Å². The molecule has 2 aromatic rings. The number of benzene rings is 1. The molecule has 5 heteroatoms. The zero-order chi connectivity index (χ0) is 15.6. The molecule has 0 fully saturated rings. The highest BCUT2D eigenvalue weighted by atomic mass is 16.5. The molecule has 0 saturated carbocycles. The number of carbonyl (C=O) groups is 1. The Labute approximate surface area is 124 Å². The van der Waals surface area contributed by atoms with Gasteiger partial charge in [0.15, 0.2) is 0 Å². The van der Waals surface area contributed by atoms with Gasteiger partial charge in [0.25, 0.3) is 0 Å². The summed E-state index contributed by atoms with van der Waals surface area (Å²) in [6.45, 7) is 5.91. The molecule has 0 spiro atoms. The zero-order valence-corrected chi connectivity index (χ0v) is 12.8. The maximum absolute atomic E-state index is 11.5. The molecule has 0 radical (unpaired) electrons. The van der Waals surface area contributed by atoms with Crippen molar-refractivity contribution >= 4 is 6.03 Å². The van der Waals surface area contributed by atoms with E-state index in [9.17, 15) is 10.0 Å². The van der Waals surface area contributed by atoms with Gasteiger partial charge in [-0.1, -0.05) is 18.2 Å². The number of rotatable bonds is 3. The lowest BCUT2D eigenvalue weighted by molar-refractivity contribution is -0.0737. The minimum atomic E-state index is -0.526. The van der Waals surface area contributed by atoms with Crippen LogP contribution in [0.1, 0.15) is 29.7 Å². The number of nitrogens with one attached hydrogen (secondary N) is 1. The van der Waals surface area contributed by atoms with Gasteiger partial charge < -0.3 is 9.88 Å². The van der Waals surface area contributed by atoms with Crippen molar-refractivity contribution in [3.8, 4) is 5.69 Å². The molecule has 0 bridgehead atoms. The Balaban J connectivity index is 2.32. The molecule has 0 aliphatic carbocycles. The van der Waals surface area contributed by atoms with Gasteiger partial charge in [0.05, 0.1) is 11.7 Å². The Hall–Kier alpha value is -2.27. The summed E-state index contributed by atoms with van der Waals surface area (Å²) in [5, 5.41) is 12.9. The van der Waals surface area contributed by atoms with Gasteiger partial charge in [0, 0.05) is 19.4 Å². The molecule has 1 aromatic heterocycles. The van der Waals surface area contributed by atoms with Crippen LogP contribution in [0.2, 0.25) is 0 Å². The van der Waals surface area contributed by atoms with Crippen LogP contribution in [0, 0.1) is 13.8 Å². The summed E-state index contributed by atoms with van der Waals surface area (Å²) < 4.78 is 2.02. The van der Waals surface area contributed by atoms with E-state index < -0.39 is 12.1 Å². The number of aryl methyl sites for hydroxylation is 2. The molecular formula is C16H21N3O2. The number of nitrogens with zero attached hydrogens (tertiary/aromatic N) is 2. The molecule has 112 valence electrons. The molecule has 1 atom stereocenters. The zero-order valence-electron chi connectivity index (χ0n) is 12.8. The first kappa shape index (κ1) is 15.1. The highest BCUT2D eigenvalue weighted by Gasteiger charge is 2.19. The Morgan fingerprint density at radius 1 is 1.29 bits per heavy atom. The van der Waals surface area contributed by atoms with E-state index in [4.69, 9.17) is 0 Å². The minimum Gasteiger partial charge on any atom is -0.339 e. The molecule has 2 amide bonds. The summed E-state index contributed by atoms with van der Waals surface area (Å²) in [5.41, 5.74) is 4.35. The molecule has 2 rings (SSSR count). The predicted molar refractivity (Wildman–Crippen MR) is 81.7 cm³/mol. The predicted octanol–water partition coefficient (Wildman–Crippen LogP) is 3.19. The maximum atomic E-state index is 11.5. The second kappa shape index (κ2) is 6.01.